The van der Waals surface area contributed by atoms with E-state index in [0.717, 1.165) is 21.5 Å². The van der Waals surface area contributed by atoms with Crippen molar-refractivity contribution in [1.29, 1.82) is 0 Å². The van der Waals surface area contributed by atoms with Gasteiger partial charge in [-0.1, -0.05) is 52.8 Å². The molecule has 0 saturated heterocycles. The first kappa shape index (κ1) is 27.6. The van der Waals surface area contributed by atoms with Crippen LogP contribution in [0, 0.1) is 0 Å². The summed E-state index contributed by atoms with van der Waals surface area (Å²) >= 11 is 6.09. The van der Waals surface area contributed by atoms with Gasteiger partial charge in [0, 0.05) is 30.0 Å². The van der Waals surface area contributed by atoms with Crippen molar-refractivity contribution < 1.29 is 34.2 Å². The highest BCUT2D eigenvalue weighted by atomic mass is 35.5. The number of fused-ring (bicyclic) bond motifs is 1. The average molecular weight is 553 g/mol. The van der Waals surface area contributed by atoms with E-state index in [1.165, 1.54) is 19.1 Å². The van der Waals surface area contributed by atoms with E-state index in [4.69, 9.17) is 21.2 Å². The maximum atomic E-state index is 13.1. The van der Waals surface area contributed by atoms with Crippen LogP contribution in [-0.4, -0.2) is 62.2 Å². The smallest absolute Gasteiger partial charge is 0.332 e. The SMILES string of the molecule is CC(=O)OCOn1nnc2ccc(C(=O)N[C@H](Cc3ccc(-c4cccc(Cl)c4)cc3)C[C@@H](O)C(=O)O)cc21. The molecule has 12 heteroatoms. The summed E-state index contributed by atoms with van der Waals surface area (Å²) in [6, 6.07) is 18.9. The molecule has 0 radical (unpaired) electrons. The standard InChI is InChI=1S/C27H25ClN4O7/c1-16(33)38-15-39-32-24-13-20(9-10-23(24)30-31-32)26(35)29-22(14-25(34)27(36)37)11-17-5-7-18(8-6-17)19-3-2-4-21(28)12-19/h2-10,12-13,22,25,34H,11,14-15H2,1H3,(H,29,35)(H,36,37)/t22-,25-/m1/s1. The highest BCUT2D eigenvalue weighted by Crippen LogP contribution is 2.24. The molecule has 202 valence electrons. The molecular weight excluding hydrogens is 528 g/mol. The summed E-state index contributed by atoms with van der Waals surface area (Å²) < 4.78 is 4.74. The molecule has 3 aromatic carbocycles. The number of aliphatic carboxylic acids is 1. The van der Waals surface area contributed by atoms with Crippen LogP contribution in [0.1, 0.15) is 29.3 Å². The fourth-order valence-electron chi connectivity index (χ4n) is 3.91. The molecule has 0 aliphatic rings. The van der Waals surface area contributed by atoms with Crippen molar-refractivity contribution in [3.63, 3.8) is 0 Å². The van der Waals surface area contributed by atoms with Gasteiger partial charge >= 0.3 is 11.9 Å². The van der Waals surface area contributed by atoms with Crippen molar-refractivity contribution in [2.75, 3.05) is 6.79 Å². The van der Waals surface area contributed by atoms with Crippen LogP contribution in [0.5, 0.6) is 0 Å². The Kier molecular flexibility index (Phi) is 8.74. The van der Waals surface area contributed by atoms with E-state index >= 15 is 0 Å². The topological polar surface area (TPSA) is 153 Å². The lowest BCUT2D eigenvalue weighted by Gasteiger charge is -2.21. The van der Waals surface area contributed by atoms with Crippen LogP contribution in [0.2, 0.25) is 5.02 Å². The zero-order valence-electron chi connectivity index (χ0n) is 20.8. The van der Waals surface area contributed by atoms with Crippen LogP contribution in [0.25, 0.3) is 22.2 Å². The molecule has 0 spiro atoms. The third kappa shape index (κ3) is 7.30. The number of aliphatic hydroxyl groups is 1. The summed E-state index contributed by atoms with van der Waals surface area (Å²) in [5.41, 5.74) is 3.75. The summed E-state index contributed by atoms with van der Waals surface area (Å²) in [7, 11) is 0. The van der Waals surface area contributed by atoms with Crippen molar-refractivity contribution in [3.05, 3.63) is 82.9 Å². The zero-order valence-corrected chi connectivity index (χ0v) is 21.5. The molecule has 0 aliphatic carbocycles. The van der Waals surface area contributed by atoms with Crippen molar-refractivity contribution in [3.8, 4) is 11.1 Å². The number of nitrogens with one attached hydrogen (secondary N) is 1. The van der Waals surface area contributed by atoms with Crippen LogP contribution >= 0.6 is 11.6 Å². The van der Waals surface area contributed by atoms with Crippen molar-refractivity contribution in [2.45, 2.75) is 31.9 Å². The van der Waals surface area contributed by atoms with Crippen LogP contribution in [0.4, 0.5) is 0 Å². The molecule has 4 aromatic rings. The Morgan fingerprint density at radius 2 is 1.82 bits per heavy atom. The molecule has 1 amide bonds. The molecule has 1 aromatic heterocycles. The van der Waals surface area contributed by atoms with Crippen molar-refractivity contribution in [2.24, 2.45) is 0 Å². The number of halogens is 1. The summed E-state index contributed by atoms with van der Waals surface area (Å²) in [6.45, 7) is 0.839. The second kappa shape index (κ2) is 12.4. The summed E-state index contributed by atoms with van der Waals surface area (Å²) in [4.78, 5) is 41.7. The number of esters is 1. The van der Waals surface area contributed by atoms with E-state index in [1.807, 2.05) is 42.5 Å². The summed E-state index contributed by atoms with van der Waals surface area (Å²) in [5, 5.41) is 30.4. The van der Waals surface area contributed by atoms with Crippen LogP contribution in [-0.2, 0) is 20.7 Å². The first-order chi connectivity index (χ1) is 18.7. The highest BCUT2D eigenvalue weighted by molar-refractivity contribution is 6.30. The number of ether oxygens (including phenoxy) is 1. The van der Waals surface area contributed by atoms with Gasteiger partial charge in [0.25, 0.3) is 12.7 Å². The van der Waals surface area contributed by atoms with Gasteiger partial charge in [0.15, 0.2) is 6.10 Å². The number of aromatic nitrogens is 3. The van der Waals surface area contributed by atoms with Gasteiger partial charge in [0.1, 0.15) is 11.0 Å². The van der Waals surface area contributed by atoms with Gasteiger partial charge in [-0.15, -0.1) is 5.10 Å². The highest BCUT2D eigenvalue weighted by Gasteiger charge is 2.23. The lowest BCUT2D eigenvalue weighted by Crippen LogP contribution is -2.40. The van der Waals surface area contributed by atoms with Gasteiger partial charge in [-0.3, -0.25) is 9.59 Å². The average Bonchev–Trinajstić information content (AvgIpc) is 3.31. The largest absolute Gasteiger partial charge is 0.479 e. The number of aliphatic hydroxyl groups excluding tert-OH is 1. The van der Waals surface area contributed by atoms with E-state index in [0.29, 0.717) is 16.1 Å². The number of amides is 1. The number of carboxylic acids is 1. The second-order valence-electron chi connectivity index (χ2n) is 8.72. The lowest BCUT2D eigenvalue weighted by atomic mass is 9.97. The van der Waals surface area contributed by atoms with Gasteiger partial charge in [0.05, 0.1) is 0 Å². The Labute approximate surface area is 227 Å². The monoisotopic (exact) mass is 552 g/mol. The number of nitrogens with zero attached hydrogens (tertiary/aromatic N) is 3. The molecular formula is C27H25ClN4O7. The van der Waals surface area contributed by atoms with Crippen LogP contribution in [0.3, 0.4) is 0 Å². The molecule has 0 bridgehead atoms. The van der Waals surface area contributed by atoms with Crippen LogP contribution in [0.15, 0.2) is 66.7 Å². The molecule has 1 heterocycles. The van der Waals surface area contributed by atoms with E-state index in [1.54, 1.807) is 12.1 Å². The van der Waals surface area contributed by atoms with Gasteiger partial charge in [-0.25, -0.2) is 4.79 Å². The molecule has 39 heavy (non-hydrogen) atoms. The van der Waals surface area contributed by atoms with Gasteiger partial charge < -0.3 is 25.1 Å². The quantitative estimate of drug-likeness (QED) is 0.188. The van der Waals surface area contributed by atoms with Crippen molar-refractivity contribution in [1.82, 2.24) is 20.5 Å². The Bertz CT molecular complexity index is 1490. The molecule has 0 unspecified atom stereocenters. The number of carbonyl (C=O) groups is 3. The summed E-state index contributed by atoms with van der Waals surface area (Å²) in [5.74, 6) is -2.41. The molecule has 3 N–H and O–H groups in total. The van der Waals surface area contributed by atoms with Gasteiger partial charge in [0.2, 0.25) is 0 Å². The lowest BCUT2D eigenvalue weighted by molar-refractivity contribution is -0.154. The molecule has 2 atom stereocenters. The Morgan fingerprint density at radius 1 is 1.05 bits per heavy atom. The maximum absolute atomic E-state index is 13.1. The van der Waals surface area contributed by atoms with E-state index < -0.39 is 36.8 Å². The first-order valence-corrected chi connectivity index (χ1v) is 12.3. The maximum Gasteiger partial charge on any atom is 0.332 e. The van der Waals surface area contributed by atoms with E-state index in [2.05, 4.69) is 15.6 Å². The Morgan fingerprint density at radius 3 is 2.51 bits per heavy atom. The number of carboxylic acid groups (broad SMARTS) is 1. The molecule has 0 fully saturated rings. The van der Waals surface area contributed by atoms with Crippen molar-refractivity contribution >= 4 is 40.5 Å². The minimum Gasteiger partial charge on any atom is -0.479 e. The molecule has 0 saturated carbocycles. The van der Waals surface area contributed by atoms with Gasteiger partial charge in [-0.05, 0) is 58.7 Å². The number of benzene rings is 3. The second-order valence-corrected chi connectivity index (χ2v) is 9.16. The predicted octanol–water partition coefficient (Wildman–Crippen LogP) is 2.88. The third-order valence-corrected chi connectivity index (χ3v) is 6.07. The minimum absolute atomic E-state index is 0.204. The number of carbonyl (C=O) groups excluding carboxylic acids is 2. The third-order valence-electron chi connectivity index (χ3n) is 5.84. The van der Waals surface area contributed by atoms with E-state index in [9.17, 15) is 24.6 Å². The Hall–Kier alpha value is -4.48. The minimum atomic E-state index is -1.66. The number of rotatable bonds is 11. The van der Waals surface area contributed by atoms with Gasteiger partial charge in [-0.2, -0.15) is 0 Å². The first-order valence-electron chi connectivity index (χ1n) is 11.9. The predicted molar refractivity (Wildman–Crippen MR) is 141 cm³/mol. The fourth-order valence-corrected chi connectivity index (χ4v) is 4.10. The normalized spacial score (nSPS) is 12.5. The zero-order chi connectivity index (χ0) is 27.9. The fraction of sp³-hybridized carbons (Fsp3) is 0.222. The van der Waals surface area contributed by atoms with E-state index in [-0.39, 0.29) is 18.4 Å². The van der Waals surface area contributed by atoms with Crippen LogP contribution < -0.4 is 10.2 Å². The summed E-state index contributed by atoms with van der Waals surface area (Å²) in [6.07, 6.45) is -1.59. The Balaban J connectivity index is 1.50. The number of hydrogen-bond donors (Lipinski definition) is 3. The molecule has 0 aliphatic heterocycles. The molecule has 11 nitrogen and oxygen atoms in total. The number of hydrogen-bond acceptors (Lipinski definition) is 8. The molecule has 4 rings (SSSR count).